The van der Waals surface area contributed by atoms with E-state index in [1.165, 1.54) is 12.6 Å². The standard InChI is InChI=1S/C15H23N3O3S/c1-17(22(2,20)21)12-15(19)16-14-8-9-18(11-14)10-13-6-4-3-5-7-13/h3-7,14H,8-12H2,1-2H3,(H,16,19)/t14-/m0/s1. The van der Waals surface area contributed by atoms with E-state index in [1.807, 2.05) is 18.2 Å². The van der Waals surface area contributed by atoms with Crippen molar-refractivity contribution in [3.63, 3.8) is 0 Å². The minimum absolute atomic E-state index is 0.0872. The molecule has 0 spiro atoms. The molecule has 7 heteroatoms. The first-order chi connectivity index (χ1) is 10.3. The average molecular weight is 325 g/mol. The molecule has 22 heavy (non-hydrogen) atoms. The molecule has 1 amide bonds. The van der Waals surface area contributed by atoms with Crippen LogP contribution >= 0.6 is 0 Å². The van der Waals surface area contributed by atoms with Crippen LogP contribution in [0.4, 0.5) is 0 Å². The van der Waals surface area contributed by atoms with Crippen LogP contribution < -0.4 is 5.32 Å². The molecule has 1 aliphatic heterocycles. The fraction of sp³-hybridized carbons (Fsp3) is 0.533. The first kappa shape index (κ1) is 16.9. The summed E-state index contributed by atoms with van der Waals surface area (Å²) in [4.78, 5) is 14.2. The Balaban J connectivity index is 1.78. The fourth-order valence-corrected chi connectivity index (χ4v) is 2.88. The predicted octanol–water partition coefficient (Wildman–Crippen LogP) is 0.269. The zero-order valence-corrected chi connectivity index (χ0v) is 13.8. The van der Waals surface area contributed by atoms with Gasteiger partial charge in [0.05, 0.1) is 12.8 Å². The van der Waals surface area contributed by atoms with Crippen LogP contribution in [-0.2, 0) is 21.4 Å². The second-order valence-corrected chi connectivity index (χ2v) is 7.88. The zero-order chi connectivity index (χ0) is 16.2. The Morgan fingerprint density at radius 2 is 2.05 bits per heavy atom. The number of amides is 1. The van der Waals surface area contributed by atoms with Crippen molar-refractivity contribution in [3.05, 3.63) is 35.9 Å². The maximum atomic E-state index is 11.9. The molecule has 6 nitrogen and oxygen atoms in total. The molecule has 0 aromatic heterocycles. The lowest BCUT2D eigenvalue weighted by atomic mass is 10.2. The summed E-state index contributed by atoms with van der Waals surface area (Å²) in [6.45, 7) is 2.47. The Bertz CT molecular complexity index is 604. The van der Waals surface area contributed by atoms with E-state index in [4.69, 9.17) is 0 Å². The van der Waals surface area contributed by atoms with Gasteiger partial charge in [0.25, 0.3) is 0 Å². The normalized spacial score (nSPS) is 19.5. The number of nitrogens with zero attached hydrogens (tertiary/aromatic N) is 2. The van der Waals surface area contributed by atoms with Crippen LogP contribution in [0.5, 0.6) is 0 Å². The van der Waals surface area contributed by atoms with Crippen molar-refractivity contribution in [2.24, 2.45) is 0 Å². The first-order valence-electron chi connectivity index (χ1n) is 7.31. The molecular weight excluding hydrogens is 302 g/mol. The number of hydrogen-bond acceptors (Lipinski definition) is 4. The molecule has 1 aromatic rings. The minimum Gasteiger partial charge on any atom is -0.351 e. The molecule has 1 heterocycles. The molecule has 0 saturated carbocycles. The van der Waals surface area contributed by atoms with Crippen molar-refractivity contribution in [1.29, 1.82) is 0 Å². The van der Waals surface area contributed by atoms with Crippen LogP contribution in [-0.4, -0.2) is 62.5 Å². The van der Waals surface area contributed by atoms with E-state index in [-0.39, 0.29) is 18.5 Å². The SMILES string of the molecule is CN(CC(=O)N[C@H]1CCN(Cc2ccccc2)C1)S(C)(=O)=O. The highest BCUT2D eigenvalue weighted by Crippen LogP contribution is 2.13. The molecular formula is C15H23N3O3S. The molecule has 1 atom stereocenters. The molecule has 0 radical (unpaired) electrons. The van der Waals surface area contributed by atoms with Gasteiger partial charge >= 0.3 is 0 Å². The lowest BCUT2D eigenvalue weighted by molar-refractivity contribution is -0.121. The molecule has 1 aliphatic rings. The van der Waals surface area contributed by atoms with Crippen molar-refractivity contribution >= 4 is 15.9 Å². The summed E-state index contributed by atoms with van der Waals surface area (Å²) in [5, 5.41) is 2.91. The number of likely N-dealkylation sites (tertiary alicyclic amines) is 1. The fourth-order valence-electron chi connectivity index (χ4n) is 2.53. The summed E-state index contributed by atoms with van der Waals surface area (Å²) in [6.07, 6.45) is 1.98. The number of benzene rings is 1. The van der Waals surface area contributed by atoms with Crippen LogP contribution in [0.1, 0.15) is 12.0 Å². The van der Waals surface area contributed by atoms with Gasteiger partial charge in [0.2, 0.25) is 15.9 Å². The summed E-state index contributed by atoms with van der Waals surface area (Å²) in [6, 6.07) is 10.3. The van der Waals surface area contributed by atoms with Crippen molar-refractivity contribution in [1.82, 2.24) is 14.5 Å². The van der Waals surface area contributed by atoms with Gasteiger partial charge in [-0.25, -0.2) is 8.42 Å². The van der Waals surface area contributed by atoms with Crippen LogP contribution in [0, 0.1) is 0 Å². The lowest BCUT2D eigenvalue weighted by Gasteiger charge is -2.18. The molecule has 122 valence electrons. The summed E-state index contributed by atoms with van der Waals surface area (Å²) >= 11 is 0. The van der Waals surface area contributed by atoms with Crippen molar-refractivity contribution in [2.45, 2.75) is 19.0 Å². The quantitative estimate of drug-likeness (QED) is 0.815. The number of carbonyl (C=O) groups excluding carboxylic acids is 1. The maximum absolute atomic E-state index is 11.9. The van der Waals surface area contributed by atoms with Crippen LogP contribution in [0.15, 0.2) is 30.3 Å². The topological polar surface area (TPSA) is 69.7 Å². The van der Waals surface area contributed by atoms with Gasteiger partial charge < -0.3 is 5.32 Å². The Morgan fingerprint density at radius 3 is 2.68 bits per heavy atom. The average Bonchev–Trinajstić information content (AvgIpc) is 2.85. The number of rotatable bonds is 6. The number of hydrogen-bond donors (Lipinski definition) is 1. The Kier molecular flexibility index (Phi) is 5.55. The number of sulfonamides is 1. The summed E-state index contributed by atoms with van der Waals surface area (Å²) in [7, 11) is -1.91. The summed E-state index contributed by atoms with van der Waals surface area (Å²) < 4.78 is 23.6. The molecule has 1 saturated heterocycles. The van der Waals surface area contributed by atoms with E-state index in [2.05, 4.69) is 22.3 Å². The Morgan fingerprint density at radius 1 is 1.36 bits per heavy atom. The number of likely N-dealkylation sites (N-methyl/N-ethyl adjacent to an activating group) is 1. The highest BCUT2D eigenvalue weighted by atomic mass is 32.2. The van der Waals surface area contributed by atoms with E-state index in [1.54, 1.807) is 0 Å². The van der Waals surface area contributed by atoms with Gasteiger partial charge in [0.1, 0.15) is 0 Å². The third kappa shape index (κ3) is 5.08. The van der Waals surface area contributed by atoms with Gasteiger partial charge in [0, 0.05) is 32.7 Å². The Hall–Kier alpha value is -1.44. The lowest BCUT2D eigenvalue weighted by Crippen LogP contribution is -2.43. The van der Waals surface area contributed by atoms with E-state index < -0.39 is 10.0 Å². The largest absolute Gasteiger partial charge is 0.351 e. The van der Waals surface area contributed by atoms with E-state index in [0.29, 0.717) is 0 Å². The molecule has 0 aliphatic carbocycles. The summed E-state index contributed by atoms with van der Waals surface area (Å²) in [5.74, 6) is -0.250. The molecule has 1 fully saturated rings. The van der Waals surface area contributed by atoms with Gasteiger partial charge in [0.15, 0.2) is 0 Å². The van der Waals surface area contributed by atoms with Gasteiger partial charge in [-0.2, -0.15) is 4.31 Å². The molecule has 2 rings (SSSR count). The van der Waals surface area contributed by atoms with Gasteiger partial charge in [-0.15, -0.1) is 0 Å². The first-order valence-corrected chi connectivity index (χ1v) is 9.16. The highest BCUT2D eigenvalue weighted by molar-refractivity contribution is 7.88. The van der Waals surface area contributed by atoms with E-state index in [9.17, 15) is 13.2 Å². The molecule has 0 unspecified atom stereocenters. The van der Waals surface area contributed by atoms with Crippen molar-refractivity contribution in [3.8, 4) is 0 Å². The molecule has 1 aromatic carbocycles. The van der Waals surface area contributed by atoms with Gasteiger partial charge in [-0.1, -0.05) is 30.3 Å². The van der Waals surface area contributed by atoms with Gasteiger partial charge in [-0.05, 0) is 12.0 Å². The van der Waals surface area contributed by atoms with E-state index in [0.717, 1.165) is 36.6 Å². The summed E-state index contributed by atoms with van der Waals surface area (Å²) in [5.41, 5.74) is 1.26. The van der Waals surface area contributed by atoms with E-state index >= 15 is 0 Å². The van der Waals surface area contributed by atoms with Crippen LogP contribution in [0.3, 0.4) is 0 Å². The minimum atomic E-state index is -3.32. The third-order valence-electron chi connectivity index (χ3n) is 3.82. The number of nitrogens with one attached hydrogen (secondary N) is 1. The second kappa shape index (κ2) is 7.21. The van der Waals surface area contributed by atoms with Gasteiger partial charge in [-0.3, -0.25) is 9.69 Å². The second-order valence-electron chi connectivity index (χ2n) is 5.79. The molecule has 1 N–H and O–H groups in total. The number of carbonyl (C=O) groups is 1. The Labute approximate surface area is 132 Å². The molecule has 0 bridgehead atoms. The maximum Gasteiger partial charge on any atom is 0.235 e. The van der Waals surface area contributed by atoms with Crippen LogP contribution in [0.2, 0.25) is 0 Å². The van der Waals surface area contributed by atoms with Crippen molar-refractivity contribution in [2.75, 3.05) is 32.9 Å². The van der Waals surface area contributed by atoms with Crippen molar-refractivity contribution < 1.29 is 13.2 Å². The smallest absolute Gasteiger partial charge is 0.235 e. The third-order valence-corrected chi connectivity index (χ3v) is 5.08. The predicted molar refractivity (Wildman–Crippen MR) is 85.7 cm³/mol. The van der Waals surface area contributed by atoms with Crippen LogP contribution in [0.25, 0.3) is 0 Å². The highest BCUT2D eigenvalue weighted by Gasteiger charge is 2.25. The monoisotopic (exact) mass is 325 g/mol. The zero-order valence-electron chi connectivity index (χ0n) is 13.0.